The van der Waals surface area contributed by atoms with E-state index in [1.54, 1.807) is 12.1 Å². The van der Waals surface area contributed by atoms with Gasteiger partial charge in [0.1, 0.15) is 17.1 Å². The predicted molar refractivity (Wildman–Crippen MR) is 78.7 cm³/mol. The van der Waals surface area contributed by atoms with Crippen LogP contribution in [0.25, 0.3) is 0 Å². The van der Waals surface area contributed by atoms with E-state index in [0.29, 0.717) is 18.8 Å². The van der Waals surface area contributed by atoms with Gasteiger partial charge in [-0.2, -0.15) is 5.26 Å². The lowest BCUT2D eigenvalue weighted by Gasteiger charge is -2.16. The minimum Gasteiger partial charge on any atom is -0.493 e. The molecule has 0 radical (unpaired) electrons. The van der Waals surface area contributed by atoms with Gasteiger partial charge >= 0.3 is 5.97 Å². The first kappa shape index (κ1) is 16.8. The highest BCUT2D eigenvalue weighted by Gasteiger charge is 2.18. The van der Waals surface area contributed by atoms with Gasteiger partial charge in [-0.05, 0) is 38.8 Å². The fourth-order valence-corrected chi connectivity index (χ4v) is 1.58. The zero-order chi connectivity index (χ0) is 15.9. The SMILES string of the molecule is CCCOc1ccc(C(=O)O)c(OCCC(C)(C)C#N)c1. The van der Waals surface area contributed by atoms with E-state index in [0.717, 1.165) is 6.42 Å². The van der Waals surface area contributed by atoms with Crippen LogP contribution in [0.4, 0.5) is 0 Å². The van der Waals surface area contributed by atoms with Crippen LogP contribution in [-0.4, -0.2) is 24.3 Å². The molecule has 1 aromatic rings. The maximum atomic E-state index is 11.2. The molecule has 1 aromatic carbocycles. The van der Waals surface area contributed by atoms with Crippen LogP contribution in [0.3, 0.4) is 0 Å². The number of carboxylic acid groups (broad SMARTS) is 1. The van der Waals surface area contributed by atoms with E-state index in [1.807, 2.05) is 20.8 Å². The van der Waals surface area contributed by atoms with Crippen LogP contribution in [0.15, 0.2) is 18.2 Å². The van der Waals surface area contributed by atoms with Crippen molar-refractivity contribution in [2.45, 2.75) is 33.6 Å². The second kappa shape index (κ2) is 7.53. The average Bonchev–Trinajstić information content (AvgIpc) is 2.44. The van der Waals surface area contributed by atoms with Gasteiger partial charge in [-0.25, -0.2) is 4.79 Å². The summed E-state index contributed by atoms with van der Waals surface area (Å²) in [7, 11) is 0. The molecule has 0 saturated heterocycles. The number of hydrogen-bond donors (Lipinski definition) is 1. The molecule has 0 saturated carbocycles. The summed E-state index contributed by atoms with van der Waals surface area (Å²) in [5, 5.41) is 18.1. The summed E-state index contributed by atoms with van der Waals surface area (Å²) in [6.07, 6.45) is 1.38. The van der Waals surface area contributed by atoms with Crippen molar-refractivity contribution in [3.8, 4) is 17.6 Å². The van der Waals surface area contributed by atoms with Crippen LogP contribution >= 0.6 is 0 Å². The highest BCUT2D eigenvalue weighted by Crippen LogP contribution is 2.27. The van der Waals surface area contributed by atoms with Crippen LogP contribution in [0, 0.1) is 16.7 Å². The van der Waals surface area contributed by atoms with E-state index in [9.17, 15) is 4.79 Å². The highest BCUT2D eigenvalue weighted by atomic mass is 16.5. The standard InChI is InChI=1S/C16H21NO4/c1-4-8-20-12-5-6-13(15(18)19)14(10-12)21-9-7-16(2,3)11-17/h5-6,10H,4,7-9H2,1-3H3,(H,18,19). The third-order valence-electron chi connectivity index (χ3n) is 2.94. The van der Waals surface area contributed by atoms with Gasteiger partial charge in [0.2, 0.25) is 0 Å². The Morgan fingerprint density at radius 3 is 2.62 bits per heavy atom. The van der Waals surface area contributed by atoms with E-state index < -0.39 is 11.4 Å². The lowest BCUT2D eigenvalue weighted by Crippen LogP contribution is -2.14. The third kappa shape index (κ3) is 5.35. The molecule has 5 heteroatoms. The van der Waals surface area contributed by atoms with E-state index >= 15 is 0 Å². The molecular weight excluding hydrogens is 270 g/mol. The number of rotatable bonds is 8. The molecule has 0 bridgehead atoms. The first-order valence-corrected chi connectivity index (χ1v) is 6.94. The largest absolute Gasteiger partial charge is 0.493 e. The van der Waals surface area contributed by atoms with Crippen LogP contribution < -0.4 is 9.47 Å². The Bertz CT molecular complexity index is 532. The van der Waals surface area contributed by atoms with Crippen molar-refractivity contribution in [3.05, 3.63) is 23.8 Å². The Morgan fingerprint density at radius 2 is 2.05 bits per heavy atom. The van der Waals surface area contributed by atoms with Crippen molar-refractivity contribution in [1.29, 1.82) is 5.26 Å². The minimum absolute atomic E-state index is 0.0913. The molecule has 0 aliphatic carbocycles. The molecule has 1 N–H and O–H groups in total. The second-order valence-electron chi connectivity index (χ2n) is 5.41. The Hall–Kier alpha value is -2.22. The summed E-state index contributed by atoms with van der Waals surface area (Å²) in [4.78, 5) is 11.2. The van der Waals surface area contributed by atoms with Crippen molar-refractivity contribution in [2.75, 3.05) is 13.2 Å². The summed E-state index contributed by atoms with van der Waals surface area (Å²) in [6.45, 7) is 6.46. The van der Waals surface area contributed by atoms with Crippen LogP contribution in [0.1, 0.15) is 44.0 Å². The zero-order valence-corrected chi connectivity index (χ0v) is 12.7. The summed E-state index contributed by atoms with van der Waals surface area (Å²) < 4.78 is 11.0. The fraction of sp³-hybridized carbons (Fsp3) is 0.500. The molecule has 0 aliphatic rings. The molecule has 0 aromatic heterocycles. The number of aromatic carboxylic acids is 1. The van der Waals surface area contributed by atoms with Gasteiger partial charge in [0.15, 0.2) is 0 Å². The number of hydrogen-bond acceptors (Lipinski definition) is 4. The van der Waals surface area contributed by atoms with Crippen LogP contribution in [0.5, 0.6) is 11.5 Å². The second-order valence-corrected chi connectivity index (χ2v) is 5.41. The molecule has 0 fully saturated rings. The van der Waals surface area contributed by atoms with Gasteiger partial charge < -0.3 is 14.6 Å². The molecule has 114 valence electrons. The van der Waals surface area contributed by atoms with Crippen molar-refractivity contribution in [1.82, 2.24) is 0 Å². The average molecular weight is 291 g/mol. The van der Waals surface area contributed by atoms with Crippen LogP contribution in [-0.2, 0) is 0 Å². The molecule has 0 unspecified atom stereocenters. The maximum absolute atomic E-state index is 11.2. The van der Waals surface area contributed by atoms with Gasteiger partial charge in [0.05, 0.1) is 24.7 Å². The van der Waals surface area contributed by atoms with Crippen molar-refractivity contribution in [2.24, 2.45) is 5.41 Å². The number of nitrogens with zero attached hydrogens (tertiary/aromatic N) is 1. The molecule has 0 atom stereocenters. The van der Waals surface area contributed by atoms with Gasteiger partial charge in [-0.15, -0.1) is 0 Å². The first-order chi connectivity index (χ1) is 9.89. The van der Waals surface area contributed by atoms with Crippen LogP contribution in [0.2, 0.25) is 0 Å². The number of benzene rings is 1. The number of carboxylic acids is 1. The maximum Gasteiger partial charge on any atom is 0.339 e. The topological polar surface area (TPSA) is 79.6 Å². The molecule has 21 heavy (non-hydrogen) atoms. The summed E-state index contributed by atoms with van der Waals surface area (Å²) in [6, 6.07) is 6.85. The Labute approximate surface area is 125 Å². The van der Waals surface area contributed by atoms with Gasteiger partial charge in [-0.3, -0.25) is 0 Å². The quantitative estimate of drug-likeness (QED) is 0.793. The van der Waals surface area contributed by atoms with Gasteiger partial charge in [0.25, 0.3) is 0 Å². The van der Waals surface area contributed by atoms with E-state index in [-0.39, 0.29) is 17.9 Å². The molecule has 0 heterocycles. The molecular formula is C16H21NO4. The lowest BCUT2D eigenvalue weighted by atomic mass is 9.92. The zero-order valence-electron chi connectivity index (χ0n) is 12.7. The van der Waals surface area contributed by atoms with Crippen molar-refractivity contribution in [3.63, 3.8) is 0 Å². The summed E-state index contributed by atoms with van der Waals surface area (Å²) in [5.41, 5.74) is -0.409. The van der Waals surface area contributed by atoms with E-state index in [4.69, 9.17) is 19.8 Å². The van der Waals surface area contributed by atoms with Gasteiger partial charge in [0, 0.05) is 6.07 Å². The third-order valence-corrected chi connectivity index (χ3v) is 2.94. The smallest absolute Gasteiger partial charge is 0.339 e. The number of nitriles is 1. The molecule has 0 amide bonds. The Morgan fingerprint density at radius 1 is 1.33 bits per heavy atom. The highest BCUT2D eigenvalue weighted by molar-refractivity contribution is 5.91. The van der Waals surface area contributed by atoms with Gasteiger partial charge in [-0.1, -0.05) is 6.92 Å². The fourth-order valence-electron chi connectivity index (χ4n) is 1.58. The van der Waals surface area contributed by atoms with E-state index in [2.05, 4.69) is 6.07 Å². The summed E-state index contributed by atoms with van der Waals surface area (Å²) >= 11 is 0. The number of ether oxygens (including phenoxy) is 2. The predicted octanol–water partition coefficient (Wildman–Crippen LogP) is 3.49. The summed E-state index contributed by atoms with van der Waals surface area (Å²) in [5.74, 6) is -0.201. The molecule has 5 nitrogen and oxygen atoms in total. The molecule has 0 spiro atoms. The van der Waals surface area contributed by atoms with Crippen molar-refractivity contribution >= 4 is 5.97 Å². The Balaban J connectivity index is 2.81. The first-order valence-electron chi connectivity index (χ1n) is 6.94. The lowest BCUT2D eigenvalue weighted by molar-refractivity contribution is 0.0692. The minimum atomic E-state index is -1.05. The number of carbonyl (C=O) groups is 1. The molecule has 0 aliphatic heterocycles. The normalized spacial score (nSPS) is 10.8. The van der Waals surface area contributed by atoms with E-state index in [1.165, 1.54) is 6.07 Å². The monoisotopic (exact) mass is 291 g/mol. The van der Waals surface area contributed by atoms with Crippen molar-refractivity contribution < 1.29 is 19.4 Å². The Kier molecular flexibility index (Phi) is 6.04. The molecule has 1 rings (SSSR count).